The molecule has 0 unspecified atom stereocenters. The van der Waals surface area contributed by atoms with Gasteiger partial charge in [0.05, 0.1) is 12.5 Å². The van der Waals surface area contributed by atoms with Gasteiger partial charge < -0.3 is 15.0 Å². The van der Waals surface area contributed by atoms with Gasteiger partial charge in [0, 0.05) is 29.6 Å². The number of amides is 1. The summed E-state index contributed by atoms with van der Waals surface area (Å²) in [6.45, 7) is 10.4. The maximum atomic E-state index is 12.1. The molecule has 1 aromatic heterocycles. The van der Waals surface area contributed by atoms with E-state index in [0.717, 1.165) is 22.2 Å². The normalized spacial score (nSPS) is 11.8. The van der Waals surface area contributed by atoms with E-state index in [1.807, 2.05) is 58.9 Å². The molecule has 2 rings (SSSR count). The van der Waals surface area contributed by atoms with Crippen LogP contribution in [-0.4, -0.2) is 29.5 Å². The number of nitrogens with one attached hydrogen (secondary N) is 2. The summed E-state index contributed by atoms with van der Waals surface area (Å²) in [6.07, 6.45) is 1.24. The van der Waals surface area contributed by atoms with Gasteiger partial charge in [-0.1, -0.05) is 39.0 Å². The van der Waals surface area contributed by atoms with Gasteiger partial charge >= 0.3 is 5.97 Å². The second-order valence-electron chi connectivity index (χ2n) is 8.18. The lowest BCUT2D eigenvalue weighted by Crippen LogP contribution is -2.29. The van der Waals surface area contributed by atoms with Gasteiger partial charge in [-0.05, 0) is 37.3 Å². The van der Waals surface area contributed by atoms with Crippen molar-refractivity contribution in [2.24, 2.45) is 5.41 Å². The number of aromatic nitrogens is 1. The zero-order valence-electron chi connectivity index (χ0n) is 16.4. The lowest BCUT2D eigenvalue weighted by molar-refractivity contribution is -0.146. The van der Waals surface area contributed by atoms with E-state index in [1.165, 1.54) is 0 Å². The smallest absolute Gasteiger partial charge is 0.312 e. The number of hydrogen-bond acceptors (Lipinski definition) is 3. The number of carbonyl (C=O) groups excluding carboxylic acids is 2. The number of ether oxygens (including phenoxy) is 1. The number of fused-ring (bicyclic) bond motifs is 1. The van der Waals surface area contributed by atoms with Crippen LogP contribution in [0.2, 0.25) is 0 Å². The van der Waals surface area contributed by atoms with E-state index in [0.29, 0.717) is 19.4 Å². The van der Waals surface area contributed by atoms with Gasteiger partial charge in [-0.3, -0.25) is 9.59 Å². The maximum Gasteiger partial charge on any atom is 0.312 e. The lowest BCUT2D eigenvalue weighted by Gasteiger charge is -2.17. The van der Waals surface area contributed by atoms with E-state index in [4.69, 9.17) is 4.74 Å². The highest BCUT2D eigenvalue weighted by atomic mass is 16.5. The molecule has 5 nitrogen and oxygen atoms in total. The number of carbonyl (C=O) groups is 2. The third kappa shape index (κ3) is 5.90. The van der Waals surface area contributed by atoms with E-state index in [2.05, 4.69) is 10.3 Å². The molecule has 0 saturated heterocycles. The van der Waals surface area contributed by atoms with Crippen LogP contribution in [0.15, 0.2) is 24.3 Å². The highest BCUT2D eigenvalue weighted by Crippen LogP contribution is 2.24. The maximum absolute atomic E-state index is 12.1. The second-order valence-corrected chi connectivity index (χ2v) is 8.18. The minimum absolute atomic E-state index is 0.0311. The van der Waals surface area contributed by atoms with Gasteiger partial charge in [0.25, 0.3) is 0 Å². The Hall–Kier alpha value is -2.30. The van der Waals surface area contributed by atoms with Crippen molar-refractivity contribution in [1.29, 1.82) is 0 Å². The molecule has 142 valence electrons. The Morgan fingerprint density at radius 2 is 1.88 bits per heavy atom. The predicted molar refractivity (Wildman–Crippen MR) is 104 cm³/mol. The van der Waals surface area contributed by atoms with Crippen LogP contribution in [0.3, 0.4) is 0 Å². The van der Waals surface area contributed by atoms with Crippen molar-refractivity contribution < 1.29 is 14.3 Å². The van der Waals surface area contributed by atoms with Crippen molar-refractivity contribution in [3.8, 4) is 0 Å². The molecule has 1 amide bonds. The summed E-state index contributed by atoms with van der Waals surface area (Å²) in [5.74, 6) is -0.192. The van der Waals surface area contributed by atoms with E-state index < -0.39 is 0 Å². The molecule has 26 heavy (non-hydrogen) atoms. The van der Waals surface area contributed by atoms with Crippen molar-refractivity contribution in [3.63, 3.8) is 0 Å². The van der Waals surface area contributed by atoms with Gasteiger partial charge in [0.15, 0.2) is 0 Å². The summed E-state index contributed by atoms with van der Waals surface area (Å²) in [4.78, 5) is 27.5. The van der Waals surface area contributed by atoms with E-state index >= 15 is 0 Å². The summed E-state index contributed by atoms with van der Waals surface area (Å²) in [5, 5.41) is 4.07. The first-order valence-electron chi connectivity index (χ1n) is 9.20. The Balaban J connectivity index is 2.10. The molecule has 1 aromatic carbocycles. The van der Waals surface area contributed by atoms with Gasteiger partial charge in [-0.2, -0.15) is 0 Å². The van der Waals surface area contributed by atoms with Gasteiger partial charge in [0.1, 0.15) is 0 Å². The Morgan fingerprint density at radius 1 is 1.19 bits per heavy atom. The quantitative estimate of drug-likeness (QED) is 0.740. The monoisotopic (exact) mass is 358 g/mol. The van der Waals surface area contributed by atoms with E-state index in [1.54, 1.807) is 0 Å². The molecular formula is C21H30N2O3. The van der Waals surface area contributed by atoms with Crippen molar-refractivity contribution >= 4 is 22.8 Å². The molecule has 2 aromatic rings. The number of para-hydroxylation sites is 1. The topological polar surface area (TPSA) is 71.2 Å². The Labute approximate surface area is 155 Å². The van der Waals surface area contributed by atoms with Gasteiger partial charge in [0.2, 0.25) is 5.91 Å². The second kappa shape index (κ2) is 8.39. The van der Waals surface area contributed by atoms with Crippen LogP contribution in [0.25, 0.3) is 10.9 Å². The third-order valence-electron chi connectivity index (χ3n) is 3.98. The summed E-state index contributed by atoms with van der Waals surface area (Å²) in [7, 11) is 0. The summed E-state index contributed by atoms with van der Waals surface area (Å²) >= 11 is 0. The molecular weight excluding hydrogens is 328 g/mol. The zero-order chi connectivity index (χ0) is 19.3. The molecule has 0 fully saturated rings. The Morgan fingerprint density at radius 3 is 2.54 bits per heavy atom. The van der Waals surface area contributed by atoms with Crippen molar-refractivity contribution in [2.75, 3.05) is 6.54 Å². The van der Waals surface area contributed by atoms with E-state index in [-0.39, 0.29) is 29.8 Å². The number of rotatable bonds is 7. The molecule has 0 saturated carbocycles. The van der Waals surface area contributed by atoms with Gasteiger partial charge in [-0.25, -0.2) is 0 Å². The van der Waals surface area contributed by atoms with Crippen LogP contribution >= 0.6 is 0 Å². The van der Waals surface area contributed by atoms with Crippen LogP contribution in [0.5, 0.6) is 0 Å². The van der Waals surface area contributed by atoms with Crippen molar-refractivity contribution in [3.05, 3.63) is 35.5 Å². The highest BCUT2D eigenvalue weighted by Gasteiger charge is 2.18. The molecule has 0 radical (unpaired) electrons. The molecule has 0 aliphatic rings. The van der Waals surface area contributed by atoms with Crippen molar-refractivity contribution in [2.45, 2.75) is 60.0 Å². The Bertz CT molecular complexity index is 769. The van der Waals surface area contributed by atoms with Crippen LogP contribution in [0, 0.1) is 5.41 Å². The first-order chi connectivity index (χ1) is 12.2. The van der Waals surface area contributed by atoms with Crippen LogP contribution in [0.4, 0.5) is 0 Å². The number of H-pyrrole nitrogens is 1. The van der Waals surface area contributed by atoms with E-state index in [9.17, 15) is 9.59 Å². The Kier molecular flexibility index (Phi) is 6.46. The standard InChI is InChI=1S/C21H30N2O3/c1-14(2)26-20(25)12-18-16(15-8-6-7-9-17(15)23-18)10-11-22-19(24)13-21(3,4)5/h6-9,14,23H,10-13H2,1-5H3,(H,22,24). The lowest BCUT2D eigenvalue weighted by atomic mass is 9.92. The van der Waals surface area contributed by atoms with Gasteiger partial charge in [-0.15, -0.1) is 0 Å². The number of benzene rings is 1. The molecule has 0 atom stereocenters. The predicted octanol–water partition coefficient (Wildman–Crippen LogP) is 3.76. The average Bonchev–Trinajstić information content (AvgIpc) is 2.82. The molecule has 0 bridgehead atoms. The van der Waals surface area contributed by atoms with Crippen LogP contribution in [-0.2, 0) is 27.2 Å². The number of esters is 1. The average molecular weight is 358 g/mol. The zero-order valence-corrected chi connectivity index (χ0v) is 16.4. The fourth-order valence-corrected chi connectivity index (χ4v) is 3.01. The molecule has 1 heterocycles. The molecule has 0 spiro atoms. The fraction of sp³-hybridized carbons (Fsp3) is 0.524. The minimum atomic E-state index is -0.246. The fourth-order valence-electron chi connectivity index (χ4n) is 3.01. The summed E-state index contributed by atoms with van der Waals surface area (Å²) in [5.41, 5.74) is 2.89. The third-order valence-corrected chi connectivity index (χ3v) is 3.98. The molecule has 0 aliphatic heterocycles. The minimum Gasteiger partial charge on any atom is -0.463 e. The molecule has 5 heteroatoms. The summed E-state index contributed by atoms with van der Waals surface area (Å²) in [6, 6.07) is 7.97. The number of aromatic amines is 1. The molecule has 2 N–H and O–H groups in total. The molecule has 0 aliphatic carbocycles. The largest absolute Gasteiger partial charge is 0.463 e. The van der Waals surface area contributed by atoms with Crippen LogP contribution < -0.4 is 5.32 Å². The summed E-state index contributed by atoms with van der Waals surface area (Å²) < 4.78 is 5.27. The first kappa shape index (κ1) is 20.0. The van der Waals surface area contributed by atoms with Crippen molar-refractivity contribution in [1.82, 2.24) is 10.3 Å². The number of hydrogen-bond donors (Lipinski definition) is 2. The first-order valence-corrected chi connectivity index (χ1v) is 9.20. The highest BCUT2D eigenvalue weighted by molar-refractivity contribution is 5.86. The van der Waals surface area contributed by atoms with Crippen LogP contribution in [0.1, 0.15) is 52.3 Å². The SMILES string of the molecule is CC(C)OC(=O)Cc1[nH]c2ccccc2c1CCNC(=O)CC(C)(C)C.